The van der Waals surface area contributed by atoms with E-state index < -0.39 is 0 Å². The molecule has 0 fully saturated rings. The third kappa shape index (κ3) is 2.01. The van der Waals surface area contributed by atoms with Crippen LogP contribution in [0, 0.1) is 0 Å². The molecule has 0 radical (unpaired) electrons. The summed E-state index contributed by atoms with van der Waals surface area (Å²) in [5.74, 6) is 0.913. The van der Waals surface area contributed by atoms with Crippen molar-refractivity contribution in [2.75, 3.05) is 0 Å². The Morgan fingerprint density at radius 3 is 3.00 bits per heavy atom. The van der Waals surface area contributed by atoms with Crippen LogP contribution in [0.5, 0.6) is 5.75 Å². The van der Waals surface area contributed by atoms with Gasteiger partial charge in [0.05, 0.1) is 6.61 Å². The maximum absolute atomic E-state index is 5.58. The Bertz CT molecular complexity index is 525. The largest absolute Gasteiger partial charge is 0.465 e. The number of hydrogen-bond donors (Lipinski definition) is 0. The molecule has 0 aliphatic carbocycles. The minimum absolute atomic E-state index is 0.160. The lowest BCUT2D eigenvalue weighted by molar-refractivity contribution is -0.0943. The van der Waals surface area contributed by atoms with E-state index in [2.05, 4.69) is 11.1 Å². The van der Waals surface area contributed by atoms with E-state index in [1.807, 2.05) is 37.4 Å². The van der Waals surface area contributed by atoms with E-state index in [1.54, 1.807) is 6.20 Å². The Kier molecular flexibility index (Phi) is 2.53. The highest BCUT2D eigenvalue weighted by Crippen LogP contribution is 2.30. The lowest BCUT2D eigenvalue weighted by atomic mass is 10.0. The average Bonchev–Trinajstić information content (AvgIpc) is 2.39. The molecule has 86 valence electrons. The highest BCUT2D eigenvalue weighted by Gasteiger charge is 2.16. The molecule has 0 saturated carbocycles. The molecule has 2 aromatic rings. The zero-order valence-corrected chi connectivity index (χ0v) is 9.59. The maximum atomic E-state index is 5.58. The summed E-state index contributed by atoms with van der Waals surface area (Å²) in [6.45, 7) is 2.50. The summed E-state index contributed by atoms with van der Waals surface area (Å²) in [5, 5.41) is 0. The number of pyridine rings is 1. The van der Waals surface area contributed by atoms with Gasteiger partial charge in [-0.2, -0.15) is 0 Å². The molecule has 1 aromatic carbocycles. The normalized spacial score (nSPS) is 18.3. The van der Waals surface area contributed by atoms with Gasteiger partial charge in [-0.05, 0) is 30.7 Å². The predicted molar refractivity (Wildman–Crippen MR) is 64.6 cm³/mol. The monoisotopic (exact) mass is 227 g/mol. The van der Waals surface area contributed by atoms with E-state index in [1.165, 1.54) is 0 Å². The van der Waals surface area contributed by atoms with Crippen LogP contribution in [0.25, 0.3) is 11.1 Å². The maximum Gasteiger partial charge on any atom is 0.197 e. The topological polar surface area (TPSA) is 31.4 Å². The van der Waals surface area contributed by atoms with Gasteiger partial charge in [0.25, 0.3) is 0 Å². The standard InChI is InChI=1S/C14H13NO2/c1-10-16-9-13-7-11(4-5-14(13)17-10)12-3-2-6-15-8-12/h2-8,10H,9H2,1H3. The Morgan fingerprint density at radius 2 is 2.18 bits per heavy atom. The van der Waals surface area contributed by atoms with Crippen molar-refractivity contribution in [2.45, 2.75) is 19.8 Å². The van der Waals surface area contributed by atoms with Crippen molar-refractivity contribution in [3.05, 3.63) is 48.3 Å². The summed E-state index contributed by atoms with van der Waals surface area (Å²) in [5.41, 5.74) is 3.33. The Hall–Kier alpha value is -1.87. The zero-order valence-electron chi connectivity index (χ0n) is 9.59. The van der Waals surface area contributed by atoms with Crippen LogP contribution in [-0.2, 0) is 11.3 Å². The van der Waals surface area contributed by atoms with Crippen LogP contribution in [0.3, 0.4) is 0 Å². The van der Waals surface area contributed by atoms with Crippen LogP contribution in [0.4, 0.5) is 0 Å². The van der Waals surface area contributed by atoms with Crippen LogP contribution >= 0.6 is 0 Å². The average molecular weight is 227 g/mol. The molecule has 1 aromatic heterocycles. The van der Waals surface area contributed by atoms with Gasteiger partial charge in [0.15, 0.2) is 6.29 Å². The van der Waals surface area contributed by atoms with Gasteiger partial charge in [0, 0.05) is 23.5 Å². The van der Waals surface area contributed by atoms with E-state index in [9.17, 15) is 0 Å². The summed E-state index contributed by atoms with van der Waals surface area (Å²) >= 11 is 0. The first kappa shape index (κ1) is 10.3. The molecule has 1 aliphatic rings. The summed E-state index contributed by atoms with van der Waals surface area (Å²) in [6, 6.07) is 10.1. The van der Waals surface area contributed by atoms with Crippen LogP contribution in [0.1, 0.15) is 12.5 Å². The second-order valence-electron chi connectivity index (χ2n) is 4.06. The molecule has 0 spiro atoms. The predicted octanol–water partition coefficient (Wildman–Crippen LogP) is 3.00. The molecule has 0 saturated heterocycles. The third-order valence-corrected chi connectivity index (χ3v) is 2.82. The van der Waals surface area contributed by atoms with Crippen molar-refractivity contribution in [3.8, 4) is 16.9 Å². The zero-order chi connectivity index (χ0) is 11.7. The number of ether oxygens (including phenoxy) is 2. The molecule has 3 rings (SSSR count). The van der Waals surface area contributed by atoms with Gasteiger partial charge < -0.3 is 9.47 Å². The molecule has 3 nitrogen and oxygen atoms in total. The number of nitrogens with zero attached hydrogens (tertiary/aromatic N) is 1. The van der Waals surface area contributed by atoms with Crippen molar-refractivity contribution < 1.29 is 9.47 Å². The summed E-state index contributed by atoms with van der Waals surface area (Å²) in [7, 11) is 0. The molecule has 3 heteroatoms. The van der Waals surface area contributed by atoms with Crippen molar-refractivity contribution in [2.24, 2.45) is 0 Å². The molecule has 0 amide bonds. The molecule has 17 heavy (non-hydrogen) atoms. The lowest BCUT2D eigenvalue weighted by Gasteiger charge is -2.24. The minimum Gasteiger partial charge on any atom is -0.465 e. The van der Waals surface area contributed by atoms with E-state index in [4.69, 9.17) is 9.47 Å². The second kappa shape index (κ2) is 4.18. The van der Waals surface area contributed by atoms with Crippen LogP contribution in [0.15, 0.2) is 42.7 Å². The van der Waals surface area contributed by atoms with Gasteiger partial charge in [-0.25, -0.2) is 0 Å². The summed E-state index contributed by atoms with van der Waals surface area (Å²) < 4.78 is 11.0. The fourth-order valence-electron chi connectivity index (χ4n) is 1.94. The molecular weight excluding hydrogens is 214 g/mol. The number of aromatic nitrogens is 1. The SMILES string of the molecule is CC1OCc2cc(-c3cccnc3)ccc2O1. The Labute approximate surface area is 100 Å². The molecule has 1 unspecified atom stereocenters. The smallest absolute Gasteiger partial charge is 0.197 e. The van der Waals surface area contributed by atoms with Crippen LogP contribution in [-0.4, -0.2) is 11.3 Å². The number of hydrogen-bond acceptors (Lipinski definition) is 3. The number of rotatable bonds is 1. The first-order valence-corrected chi connectivity index (χ1v) is 5.64. The summed E-state index contributed by atoms with van der Waals surface area (Å²) in [4.78, 5) is 4.12. The Morgan fingerprint density at radius 1 is 1.24 bits per heavy atom. The molecule has 0 bridgehead atoms. The van der Waals surface area contributed by atoms with E-state index >= 15 is 0 Å². The third-order valence-electron chi connectivity index (χ3n) is 2.82. The van der Waals surface area contributed by atoms with E-state index in [-0.39, 0.29) is 6.29 Å². The highest BCUT2D eigenvalue weighted by molar-refractivity contribution is 5.64. The number of fused-ring (bicyclic) bond motifs is 1. The van der Waals surface area contributed by atoms with Crippen molar-refractivity contribution in [3.63, 3.8) is 0 Å². The van der Waals surface area contributed by atoms with Gasteiger partial charge >= 0.3 is 0 Å². The molecule has 2 heterocycles. The van der Waals surface area contributed by atoms with Crippen molar-refractivity contribution >= 4 is 0 Å². The summed E-state index contributed by atoms with van der Waals surface area (Å²) in [6.07, 6.45) is 3.47. The fraction of sp³-hybridized carbons (Fsp3) is 0.214. The van der Waals surface area contributed by atoms with Gasteiger partial charge in [0.1, 0.15) is 5.75 Å². The quantitative estimate of drug-likeness (QED) is 0.750. The minimum atomic E-state index is -0.160. The van der Waals surface area contributed by atoms with Gasteiger partial charge in [-0.15, -0.1) is 0 Å². The van der Waals surface area contributed by atoms with Crippen LogP contribution < -0.4 is 4.74 Å². The highest BCUT2D eigenvalue weighted by atomic mass is 16.7. The van der Waals surface area contributed by atoms with E-state index in [0.29, 0.717) is 6.61 Å². The van der Waals surface area contributed by atoms with Gasteiger partial charge in [-0.1, -0.05) is 12.1 Å². The lowest BCUT2D eigenvalue weighted by Crippen LogP contribution is -2.21. The molecule has 1 aliphatic heterocycles. The van der Waals surface area contributed by atoms with Crippen molar-refractivity contribution in [1.82, 2.24) is 4.98 Å². The second-order valence-corrected chi connectivity index (χ2v) is 4.06. The number of benzene rings is 1. The first-order chi connectivity index (χ1) is 8.33. The van der Waals surface area contributed by atoms with E-state index in [0.717, 1.165) is 22.4 Å². The fourth-order valence-corrected chi connectivity index (χ4v) is 1.94. The molecule has 1 atom stereocenters. The van der Waals surface area contributed by atoms with Crippen LogP contribution in [0.2, 0.25) is 0 Å². The van der Waals surface area contributed by atoms with Gasteiger partial charge in [0.2, 0.25) is 0 Å². The Balaban J connectivity index is 1.99. The van der Waals surface area contributed by atoms with Gasteiger partial charge in [-0.3, -0.25) is 4.98 Å². The molecule has 0 N–H and O–H groups in total. The first-order valence-electron chi connectivity index (χ1n) is 5.64. The van der Waals surface area contributed by atoms with Crippen molar-refractivity contribution in [1.29, 1.82) is 0 Å². The molecular formula is C14H13NO2.